The summed E-state index contributed by atoms with van der Waals surface area (Å²) >= 11 is 4.33. The maximum Gasteiger partial charge on any atom is 0.394 e. The average molecular weight is 376 g/mol. The molecular formula is C11H10BrN3O5S. The van der Waals surface area contributed by atoms with Gasteiger partial charge in [-0.15, -0.1) is 11.3 Å². The Kier molecular flexibility index (Phi) is 5.04. The number of amides is 1. The molecule has 0 aliphatic heterocycles. The standard InChI is InChI=1S/C11H10BrN3O5S/c1-19-3-2-6-8(5-4-7(12)15-20-5)13-11(21-6)14-9(16)10(17)18/h4H,2-3H2,1H3,(H,17,18)(H,13,14,16). The molecule has 2 rings (SSSR count). The van der Waals surface area contributed by atoms with E-state index in [0.717, 1.165) is 16.2 Å². The van der Waals surface area contributed by atoms with Gasteiger partial charge in [0.2, 0.25) is 0 Å². The molecule has 0 aliphatic carbocycles. The Labute approximate surface area is 131 Å². The fraction of sp³-hybridized carbons (Fsp3) is 0.273. The van der Waals surface area contributed by atoms with Crippen LogP contribution in [0.2, 0.25) is 0 Å². The number of methoxy groups -OCH3 is 1. The predicted octanol–water partition coefficient (Wildman–Crippen LogP) is 1.77. The van der Waals surface area contributed by atoms with Gasteiger partial charge in [0.1, 0.15) is 10.3 Å². The largest absolute Gasteiger partial charge is 0.474 e. The molecule has 10 heteroatoms. The number of nitrogens with zero attached hydrogens (tertiary/aromatic N) is 2. The van der Waals surface area contributed by atoms with E-state index in [0.29, 0.717) is 29.1 Å². The van der Waals surface area contributed by atoms with Crippen LogP contribution in [0.4, 0.5) is 5.13 Å². The van der Waals surface area contributed by atoms with Crippen LogP contribution in [0, 0.1) is 0 Å². The van der Waals surface area contributed by atoms with Gasteiger partial charge in [-0.3, -0.25) is 10.1 Å². The minimum absolute atomic E-state index is 0.177. The van der Waals surface area contributed by atoms with E-state index < -0.39 is 11.9 Å². The first kappa shape index (κ1) is 15.6. The number of rotatable bonds is 5. The van der Waals surface area contributed by atoms with Crippen LogP contribution >= 0.6 is 27.3 Å². The maximum absolute atomic E-state index is 11.2. The summed E-state index contributed by atoms with van der Waals surface area (Å²) in [5.74, 6) is -2.31. The fourth-order valence-electron chi connectivity index (χ4n) is 1.48. The van der Waals surface area contributed by atoms with Crippen LogP contribution in [0.1, 0.15) is 4.88 Å². The van der Waals surface area contributed by atoms with Crippen molar-refractivity contribution in [2.24, 2.45) is 0 Å². The third kappa shape index (κ3) is 3.86. The molecule has 0 fully saturated rings. The molecule has 2 aromatic heterocycles. The molecule has 112 valence electrons. The van der Waals surface area contributed by atoms with Crippen molar-refractivity contribution in [1.82, 2.24) is 10.1 Å². The number of aliphatic carboxylic acids is 1. The molecule has 0 radical (unpaired) electrons. The van der Waals surface area contributed by atoms with Crippen molar-refractivity contribution in [3.63, 3.8) is 0 Å². The van der Waals surface area contributed by atoms with E-state index in [1.807, 2.05) is 0 Å². The first-order chi connectivity index (χ1) is 10.0. The van der Waals surface area contributed by atoms with Gasteiger partial charge in [-0.1, -0.05) is 5.16 Å². The smallest absolute Gasteiger partial charge is 0.394 e. The highest BCUT2D eigenvalue weighted by atomic mass is 79.9. The topological polar surface area (TPSA) is 115 Å². The molecule has 2 N–H and O–H groups in total. The van der Waals surface area contributed by atoms with Crippen molar-refractivity contribution in [2.75, 3.05) is 19.0 Å². The van der Waals surface area contributed by atoms with Gasteiger partial charge < -0.3 is 14.4 Å². The SMILES string of the molecule is COCCc1sc(NC(=O)C(=O)O)nc1-c1cc(Br)no1. The molecule has 0 saturated heterocycles. The summed E-state index contributed by atoms with van der Waals surface area (Å²) in [6.45, 7) is 0.455. The van der Waals surface area contributed by atoms with Crippen LogP contribution in [0.25, 0.3) is 11.5 Å². The number of carboxylic acids is 1. The zero-order valence-electron chi connectivity index (χ0n) is 10.8. The van der Waals surface area contributed by atoms with Crippen molar-refractivity contribution < 1.29 is 24.0 Å². The number of ether oxygens (including phenoxy) is 1. The molecule has 0 saturated carbocycles. The summed E-state index contributed by atoms with van der Waals surface area (Å²) in [5, 5.41) is 14.7. The van der Waals surface area contributed by atoms with Crippen molar-refractivity contribution in [3.8, 4) is 11.5 Å². The molecule has 0 aromatic carbocycles. The summed E-state index contributed by atoms with van der Waals surface area (Å²) in [5.41, 5.74) is 0.496. The second-order valence-electron chi connectivity index (χ2n) is 3.81. The number of hydrogen-bond donors (Lipinski definition) is 2. The lowest BCUT2D eigenvalue weighted by Crippen LogP contribution is -2.21. The van der Waals surface area contributed by atoms with E-state index in [4.69, 9.17) is 14.4 Å². The van der Waals surface area contributed by atoms with Crippen LogP contribution < -0.4 is 5.32 Å². The maximum atomic E-state index is 11.2. The van der Waals surface area contributed by atoms with E-state index in [1.165, 1.54) is 0 Å². The van der Waals surface area contributed by atoms with Crippen molar-refractivity contribution in [3.05, 3.63) is 15.5 Å². The van der Waals surface area contributed by atoms with Gasteiger partial charge in [-0.25, -0.2) is 9.78 Å². The number of anilines is 1. The van der Waals surface area contributed by atoms with E-state index in [-0.39, 0.29) is 5.13 Å². The highest BCUT2D eigenvalue weighted by Gasteiger charge is 2.20. The number of carbonyl (C=O) groups excluding carboxylic acids is 1. The van der Waals surface area contributed by atoms with E-state index in [1.54, 1.807) is 13.2 Å². The third-order valence-corrected chi connectivity index (χ3v) is 3.76. The number of carbonyl (C=O) groups is 2. The van der Waals surface area contributed by atoms with E-state index in [9.17, 15) is 9.59 Å². The fourth-order valence-corrected chi connectivity index (χ4v) is 2.70. The molecule has 0 aliphatic rings. The molecule has 0 unspecified atom stereocenters. The van der Waals surface area contributed by atoms with Crippen molar-refractivity contribution in [1.29, 1.82) is 0 Å². The number of nitrogens with one attached hydrogen (secondary N) is 1. The molecule has 0 spiro atoms. The second kappa shape index (κ2) is 6.78. The molecule has 0 atom stereocenters. The molecule has 21 heavy (non-hydrogen) atoms. The third-order valence-electron chi connectivity index (χ3n) is 2.36. The van der Waals surface area contributed by atoms with E-state index >= 15 is 0 Å². The summed E-state index contributed by atoms with van der Waals surface area (Å²) in [6, 6.07) is 1.63. The number of carboxylic acid groups (broad SMARTS) is 1. The van der Waals surface area contributed by atoms with Gasteiger partial charge in [0.15, 0.2) is 10.9 Å². The minimum atomic E-state index is -1.58. The monoisotopic (exact) mass is 375 g/mol. The van der Waals surface area contributed by atoms with Gasteiger partial charge in [0.05, 0.1) is 6.61 Å². The Morgan fingerprint density at radius 1 is 1.57 bits per heavy atom. The summed E-state index contributed by atoms with van der Waals surface area (Å²) < 4.78 is 10.6. The van der Waals surface area contributed by atoms with E-state index in [2.05, 4.69) is 31.4 Å². The summed E-state index contributed by atoms with van der Waals surface area (Å²) in [6.07, 6.45) is 0.546. The van der Waals surface area contributed by atoms with Gasteiger partial charge in [0.25, 0.3) is 0 Å². The molecule has 2 aromatic rings. The van der Waals surface area contributed by atoms with Crippen LogP contribution in [0.3, 0.4) is 0 Å². The molecule has 0 bridgehead atoms. The first-order valence-electron chi connectivity index (χ1n) is 5.66. The lowest BCUT2D eigenvalue weighted by molar-refractivity contribution is -0.147. The molecule has 8 nitrogen and oxygen atoms in total. The quantitative estimate of drug-likeness (QED) is 0.765. The first-order valence-corrected chi connectivity index (χ1v) is 7.27. The number of aromatic nitrogens is 2. The molecule has 1 amide bonds. The number of thiazole rings is 1. The zero-order valence-corrected chi connectivity index (χ0v) is 13.2. The normalized spacial score (nSPS) is 10.6. The Bertz CT molecular complexity index is 669. The Morgan fingerprint density at radius 2 is 2.33 bits per heavy atom. The zero-order chi connectivity index (χ0) is 15.4. The highest BCUT2D eigenvalue weighted by Crippen LogP contribution is 2.32. The predicted molar refractivity (Wildman–Crippen MR) is 77.2 cm³/mol. The van der Waals surface area contributed by atoms with Crippen LogP contribution in [-0.2, 0) is 20.7 Å². The van der Waals surface area contributed by atoms with Crippen molar-refractivity contribution >= 4 is 44.3 Å². The van der Waals surface area contributed by atoms with Crippen LogP contribution in [0.5, 0.6) is 0 Å². The lowest BCUT2D eigenvalue weighted by atomic mass is 10.2. The van der Waals surface area contributed by atoms with Crippen molar-refractivity contribution in [2.45, 2.75) is 6.42 Å². The number of hydrogen-bond acceptors (Lipinski definition) is 7. The Balaban J connectivity index is 2.30. The average Bonchev–Trinajstić information content (AvgIpc) is 3.02. The van der Waals surface area contributed by atoms with Crippen LogP contribution in [0.15, 0.2) is 15.2 Å². The van der Waals surface area contributed by atoms with Gasteiger partial charge in [-0.2, -0.15) is 0 Å². The molecule has 2 heterocycles. The summed E-state index contributed by atoms with van der Waals surface area (Å²) in [7, 11) is 1.57. The van der Waals surface area contributed by atoms with Gasteiger partial charge in [-0.05, 0) is 15.9 Å². The lowest BCUT2D eigenvalue weighted by Gasteiger charge is -1.97. The minimum Gasteiger partial charge on any atom is -0.474 e. The van der Waals surface area contributed by atoms with Crippen LogP contribution in [-0.4, -0.2) is 40.8 Å². The highest BCUT2D eigenvalue weighted by molar-refractivity contribution is 9.10. The Hall–Kier alpha value is -1.78. The van der Waals surface area contributed by atoms with Gasteiger partial charge >= 0.3 is 11.9 Å². The summed E-state index contributed by atoms with van der Waals surface area (Å²) in [4.78, 5) is 26.7. The second-order valence-corrected chi connectivity index (χ2v) is 5.70. The Morgan fingerprint density at radius 3 is 2.90 bits per heavy atom. The van der Waals surface area contributed by atoms with Gasteiger partial charge in [0, 0.05) is 24.5 Å². The number of halogens is 1. The molecular weight excluding hydrogens is 366 g/mol.